The second-order valence-electron chi connectivity index (χ2n) is 7.53. The van der Waals surface area contributed by atoms with Crippen molar-refractivity contribution in [3.63, 3.8) is 0 Å². The van der Waals surface area contributed by atoms with Gasteiger partial charge in [0.1, 0.15) is 16.4 Å². The molecule has 3 rings (SSSR count). The molecule has 1 saturated carbocycles. The zero-order valence-electron chi connectivity index (χ0n) is 17.0. The van der Waals surface area contributed by atoms with Crippen molar-refractivity contribution in [1.29, 1.82) is 0 Å². The summed E-state index contributed by atoms with van der Waals surface area (Å²) in [6.07, 6.45) is 6.90. The molecular formula is C21H23NO7S2. The lowest BCUT2D eigenvalue weighted by Gasteiger charge is -2.22. The number of carbonyl (C=O) groups is 1. The summed E-state index contributed by atoms with van der Waals surface area (Å²) in [4.78, 5) is 22.2. The number of rotatable bonds is 7. The molecule has 2 aromatic carbocycles. The normalized spacial score (nSPS) is 15.9. The van der Waals surface area contributed by atoms with Crippen LogP contribution in [0.1, 0.15) is 43.6 Å². The highest BCUT2D eigenvalue weighted by molar-refractivity contribution is 7.90. The van der Waals surface area contributed by atoms with E-state index >= 15 is 0 Å². The summed E-state index contributed by atoms with van der Waals surface area (Å²) in [5, 5.41) is 11.3. The third-order valence-corrected chi connectivity index (χ3v) is 7.68. The molecule has 0 spiro atoms. The quantitative estimate of drug-likeness (QED) is 0.264. The predicted octanol–water partition coefficient (Wildman–Crippen LogP) is 3.76. The van der Waals surface area contributed by atoms with Crippen molar-refractivity contribution in [2.45, 2.75) is 47.8 Å². The van der Waals surface area contributed by atoms with Crippen LogP contribution in [-0.4, -0.2) is 35.5 Å². The van der Waals surface area contributed by atoms with Gasteiger partial charge >= 0.3 is 5.97 Å². The van der Waals surface area contributed by atoms with Crippen molar-refractivity contribution < 1.29 is 27.1 Å². The molecule has 0 unspecified atom stereocenters. The summed E-state index contributed by atoms with van der Waals surface area (Å²) in [5.41, 5.74) is 0.579. The molecule has 0 N–H and O–H groups in total. The van der Waals surface area contributed by atoms with E-state index in [9.17, 15) is 27.5 Å². The molecule has 0 radical (unpaired) electrons. The SMILES string of the molecule is CS(=O)(=O)c1ccc([S@](=O)CC(=O)Oc2ccc(C3CCCCC3)cc2)c([N+](=O)[O-])c1. The zero-order chi connectivity index (χ0) is 22.6. The third kappa shape index (κ3) is 5.98. The molecule has 10 heteroatoms. The minimum Gasteiger partial charge on any atom is -0.426 e. The Bertz CT molecular complexity index is 1110. The summed E-state index contributed by atoms with van der Waals surface area (Å²) in [6, 6.07) is 10.3. The topological polar surface area (TPSA) is 121 Å². The van der Waals surface area contributed by atoms with Gasteiger partial charge in [-0.15, -0.1) is 0 Å². The Hall–Kier alpha value is -2.59. The fourth-order valence-electron chi connectivity index (χ4n) is 3.65. The van der Waals surface area contributed by atoms with Crippen molar-refractivity contribution in [2.24, 2.45) is 0 Å². The van der Waals surface area contributed by atoms with E-state index in [2.05, 4.69) is 0 Å². The summed E-state index contributed by atoms with van der Waals surface area (Å²) < 4.78 is 41.0. The van der Waals surface area contributed by atoms with Gasteiger partial charge in [0.15, 0.2) is 9.84 Å². The first-order valence-corrected chi connectivity index (χ1v) is 13.0. The van der Waals surface area contributed by atoms with Crippen LogP contribution in [0.3, 0.4) is 0 Å². The van der Waals surface area contributed by atoms with Gasteiger partial charge in [-0.25, -0.2) is 8.42 Å². The molecule has 1 fully saturated rings. The van der Waals surface area contributed by atoms with Crippen molar-refractivity contribution >= 4 is 32.3 Å². The second kappa shape index (κ2) is 9.69. The van der Waals surface area contributed by atoms with Crippen LogP contribution in [0.15, 0.2) is 52.3 Å². The molecule has 0 aromatic heterocycles. The standard InChI is InChI=1S/C21H23NO7S2/c1-31(27,28)18-11-12-20(19(13-18)22(24)25)30(26)14-21(23)29-17-9-7-16(8-10-17)15-5-3-2-4-6-15/h7-13,15H,2-6,14H2,1H3/t30-/m1/s1. The van der Waals surface area contributed by atoms with E-state index < -0.39 is 43.0 Å². The van der Waals surface area contributed by atoms with E-state index in [0.717, 1.165) is 37.3 Å². The van der Waals surface area contributed by atoms with Gasteiger partial charge in [0.05, 0.1) is 20.6 Å². The highest BCUT2D eigenvalue weighted by Crippen LogP contribution is 2.33. The summed E-state index contributed by atoms with van der Waals surface area (Å²) in [6.45, 7) is 0. The Labute approximate surface area is 183 Å². The Morgan fingerprint density at radius 3 is 2.35 bits per heavy atom. The van der Waals surface area contributed by atoms with Crippen molar-refractivity contribution in [1.82, 2.24) is 0 Å². The van der Waals surface area contributed by atoms with Crippen LogP contribution in [0.25, 0.3) is 0 Å². The average Bonchev–Trinajstić information content (AvgIpc) is 2.73. The van der Waals surface area contributed by atoms with E-state index in [1.807, 2.05) is 12.1 Å². The Morgan fingerprint density at radius 2 is 1.77 bits per heavy atom. The Morgan fingerprint density at radius 1 is 1.13 bits per heavy atom. The van der Waals surface area contributed by atoms with Crippen LogP contribution in [0.5, 0.6) is 5.75 Å². The lowest BCUT2D eigenvalue weighted by Crippen LogP contribution is -2.18. The third-order valence-electron chi connectivity index (χ3n) is 5.24. The fourth-order valence-corrected chi connectivity index (χ4v) is 5.31. The van der Waals surface area contributed by atoms with E-state index in [-0.39, 0.29) is 9.79 Å². The summed E-state index contributed by atoms with van der Waals surface area (Å²) in [5.74, 6) is -0.570. The number of ether oxygens (including phenoxy) is 1. The first-order chi connectivity index (χ1) is 14.6. The van der Waals surface area contributed by atoms with Gasteiger partial charge in [-0.3, -0.25) is 19.1 Å². The van der Waals surface area contributed by atoms with Crippen molar-refractivity contribution in [3.05, 3.63) is 58.1 Å². The highest BCUT2D eigenvalue weighted by atomic mass is 32.2. The van der Waals surface area contributed by atoms with Gasteiger partial charge in [0.25, 0.3) is 5.69 Å². The number of nitrogens with zero attached hydrogens (tertiary/aromatic N) is 1. The van der Waals surface area contributed by atoms with Gasteiger partial charge in [-0.05, 0) is 48.6 Å². The van der Waals surface area contributed by atoms with Gasteiger partial charge in [0.2, 0.25) is 0 Å². The van der Waals surface area contributed by atoms with Gasteiger partial charge in [0, 0.05) is 12.3 Å². The van der Waals surface area contributed by atoms with Crippen molar-refractivity contribution in [2.75, 3.05) is 12.0 Å². The minimum atomic E-state index is -3.67. The number of benzene rings is 2. The molecule has 1 atom stereocenters. The van der Waals surface area contributed by atoms with E-state index in [0.29, 0.717) is 11.7 Å². The number of nitro groups is 1. The molecule has 0 saturated heterocycles. The molecule has 31 heavy (non-hydrogen) atoms. The summed E-state index contributed by atoms with van der Waals surface area (Å²) >= 11 is 0. The zero-order valence-corrected chi connectivity index (χ0v) is 18.6. The average molecular weight is 466 g/mol. The Balaban J connectivity index is 1.68. The number of esters is 1. The minimum absolute atomic E-state index is 0.234. The lowest BCUT2D eigenvalue weighted by molar-refractivity contribution is -0.388. The largest absolute Gasteiger partial charge is 0.426 e. The molecule has 2 aromatic rings. The van der Waals surface area contributed by atoms with Gasteiger partial charge < -0.3 is 4.74 Å². The molecule has 1 aliphatic rings. The molecule has 0 bridgehead atoms. The number of sulfone groups is 1. The van der Waals surface area contributed by atoms with Crippen LogP contribution in [0, 0.1) is 10.1 Å². The predicted molar refractivity (Wildman–Crippen MR) is 115 cm³/mol. The van der Waals surface area contributed by atoms with Crippen molar-refractivity contribution in [3.8, 4) is 5.75 Å². The Kier molecular flexibility index (Phi) is 7.22. The molecule has 0 heterocycles. The summed E-state index contributed by atoms with van der Waals surface area (Å²) in [7, 11) is -5.75. The molecule has 166 valence electrons. The van der Waals surface area contributed by atoms with Crippen LogP contribution < -0.4 is 4.74 Å². The fraction of sp³-hybridized carbons (Fsp3) is 0.381. The van der Waals surface area contributed by atoms with E-state index in [1.165, 1.54) is 24.8 Å². The maximum atomic E-state index is 12.5. The highest BCUT2D eigenvalue weighted by Gasteiger charge is 2.24. The molecule has 0 amide bonds. The second-order valence-corrected chi connectivity index (χ2v) is 11.0. The van der Waals surface area contributed by atoms with Crippen LogP contribution in [0.2, 0.25) is 0 Å². The van der Waals surface area contributed by atoms with Crippen LogP contribution in [-0.2, 0) is 25.4 Å². The van der Waals surface area contributed by atoms with E-state index in [4.69, 9.17) is 4.74 Å². The molecule has 8 nitrogen and oxygen atoms in total. The smallest absolute Gasteiger partial charge is 0.324 e. The molecule has 1 aliphatic carbocycles. The first kappa shape index (κ1) is 23.1. The number of hydrogen-bond donors (Lipinski definition) is 0. The van der Waals surface area contributed by atoms with Gasteiger partial charge in [-0.2, -0.15) is 0 Å². The monoisotopic (exact) mass is 465 g/mol. The van der Waals surface area contributed by atoms with Crippen LogP contribution in [0.4, 0.5) is 5.69 Å². The molecule has 0 aliphatic heterocycles. The number of nitro benzene ring substituents is 1. The molecular weight excluding hydrogens is 442 g/mol. The maximum Gasteiger partial charge on any atom is 0.324 e. The number of carbonyl (C=O) groups excluding carboxylic acids is 1. The number of hydrogen-bond acceptors (Lipinski definition) is 7. The first-order valence-electron chi connectivity index (χ1n) is 9.82. The lowest BCUT2D eigenvalue weighted by atomic mass is 9.84. The van der Waals surface area contributed by atoms with E-state index in [1.54, 1.807) is 12.1 Å². The van der Waals surface area contributed by atoms with Gasteiger partial charge in [-0.1, -0.05) is 31.4 Å². The maximum absolute atomic E-state index is 12.5. The van der Waals surface area contributed by atoms with Crippen LogP contribution >= 0.6 is 0 Å².